The topological polar surface area (TPSA) is 55.2 Å². The van der Waals surface area contributed by atoms with Gasteiger partial charge < -0.3 is 9.47 Å². The van der Waals surface area contributed by atoms with Crippen LogP contribution in [0.2, 0.25) is 0 Å². The second-order valence-corrected chi connectivity index (χ2v) is 8.42. The maximum absolute atomic E-state index is 12.8. The van der Waals surface area contributed by atoms with E-state index in [4.69, 9.17) is 4.98 Å². The number of benzene rings is 2. The van der Waals surface area contributed by atoms with Crippen molar-refractivity contribution in [3.63, 3.8) is 0 Å². The number of fused-ring (bicyclic) bond motifs is 1. The van der Waals surface area contributed by atoms with E-state index in [1.165, 1.54) is 11.1 Å². The van der Waals surface area contributed by atoms with Gasteiger partial charge in [0.2, 0.25) is 0 Å². The van der Waals surface area contributed by atoms with Gasteiger partial charge in [-0.2, -0.15) is 0 Å². The molecule has 5 heteroatoms. The highest BCUT2D eigenvalue weighted by Crippen LogP contribution is 2.30. The van der Waals surface area contributed by atoms with E-state index in [0.29, 0.717) is 30.1 Å². The van der Waals surface area contributed by atoms with Crippen molar-refractivity contribution < 1.29 is 9.59 Å². The van der Waals surface area contributed by atoms with Crippen molar-refractivity contribution >= 4 is 23.2 Å². The summed E-state index contributed by atoms with van der Waals surface area (Å²) in [6.45, 7) is 2.23. The fourth-order valence-corrected chi connectivity index (χ4v) is 4.57. The third-order valence-electron chi connectivity index (χ3n) is 6.34. The van der Waals surface area contributed by atoms with Crippen LogP contribution in [0.15, 0.2) is 79.1 Å². The van der Waals surface area contributed by atoms with Crippen LogP contribution in [0.1, 0.15) is 50.6 Å². The van der Waals surface area contributed by atoms with E-state index in [1.807, 2.05) is 17.2 Å². The minimum absolute atomic E-state index is 0.00119. The summed E-state index contributed by atoms with van der Waals surface area (Å²) in [5.41, 5.74) is 4.61. The number of nitrogens with zero attached hydrogens (tertiary/aromatic N) is 3. The van der Waals surface area contributed by atoms with Gasteiger partial charge in [-0.1, -0.05) is 42.5 Å². The van der Waals surface area contributed by atoms with E-state index in [-0.39, 0.29) is 5.91 Å². The quantitative estimate of drug-likeness (QED) is 0.428. The maximum atomic E-state index is 12.8. The average molecular weight is 424 g/mol. The molecular weight excluding hydrogens is 398 g/mol. The Morgan fingerprint density at radius 2 is 1.81 bits per heavy atom. The largest absolute Gasteiger partial charge is 0.339 e. The fourth-order valence-electron chi connectivity index (χ4n) is 4.57. The summed E-state index contributed by atoms with van der Waals surface area (Å²) >= 11 is 0. The van der Waals surface area contributed by atoms with Crippen molar-refractivity contribution in [2.45, 2.75) is 25.3 Å². The van der Waals surface area contributed by atoms with Gasteiger partial charge in [0.05, 0.1) is 0 Å². The Balaban J connectivity index is 1.26. The van der Waals surface area contributed by atoms with Gasteiger partial charge in [-0.05, 0) is 54.2 Å². The molecule has 1 aliphatic rings. The Morgan fingerprint density at radius 3 is 2.59 bits per heavy atom. The first-order valence-electron chi connectivity index (χ1n) is 11.0. The lowest BCUT2D eigenvalue weighted by Crippen LogP contribution is -2.38. The minimum Gasteiger partial charge on any atom is -0.339 e. The fraction of sp³-hybridized carbons (Fsp3) is 0.222. The molecule has 0 saturated carbocycles. The molecule has 2 aromatic heterocycles. The molecule has 160 valence electrons. The zero-order valence-electron chi connectivity index (χ0n) is 17.9. The Morgan fingerprint density at radius 1 is 1.00 bits per heavy atom. The smallest absolute Gasteiger partial charge is 0.253 e. The first kappa shape index (κ1) is 20.2. The van der Waals surface area contributed by atoms with E-state index < -0.39 is 0 Å². The molecule has 0 unspecified atom stereocenters. The molecule has 1 aliphatic heterocycles. The number of hydrogen-bond acceptors (Lipinski definition) is 3. The molecule has 0 bridgehead atoms. The molecule has 1 fully saturated rings. The van der Waals surface area contributed by atoms with Crippen LogP contribution in [-0.4, -0.2) is 39.7 Å². The maximum Gasteiger partial charge on any atom is 0.253 e. The second-order valence-electron chi connectivity index (χ2n) is 8.42. The number of aromatic nitrogens is 2. The van der Waals surface area contributed by atoms with E-state index in [1.54, 1.807) is 24.3 Å². The van der Waals surface area contributed by atoms with E-state index in [9.17, 15) is 9.59 Å². The molecule has 0 spiro atoms. The van der Waals surface area contributed by atoms with Crippen LogP contribution in [0.25, 0.3) is 11.0 Å². The molecule has 4 aromatic rings. The molecule has 32 heavy (non-hydrogen) atoms. The van der Waals surface area contributed by atoms with Gasteiger partial charge in [0.1, 0.15) is 11.9 Å². The molecule has 1 amide bonds. The van der Waals surface area contributed by atoms with Gasteiger partial charge in [-0.25, -0.2) is 4.98 Å². The summed E-state index contributed by atoms with van der Waals surface area (Å²) in [5.74, 6) is 0.397. The summed E-state index contributed by atoms with van der Waals surface area (Å²) in [6, 6.07) is 21.7. The van der Waals surface area contributed by atoms with Crippen molar-refractivity contribution in [3.8, 4) is 0 Å². The van der Waals surface area contributed by atoms with Gasteiger partial charge >= 0.3 is 0 Å². The third kappa shape index (κ3) is 4.06. The van der Waals surface area contributed by atoms with Gasteiger partial charge in [0.15, 0.2) is 0 Å². The normalized spacial score (nSPS) is 14.6. The first-order valence-corrected chi connectivity index (χ1v) is 11.0. The van der Waals surface area contributed by atoms with Crippen LogP contribution in [-0.2, 0) is 6.54 Å². The summed E-state index contributed by atoms with van der Waals surface area (Å²) in [4.78, 5) is 30.5. The predicted octanol–water partition coefficient (Wildman–Crippen LogP) is 4.92. The summed E-state index contributed by atoms with van der Waals surface area (Å²) in [6.07, 6.45) is 6.70. The molecule has 2 aromatic carbocycles. The molecule has 5 nitrogen and oxygen atoms in total. The van der Waals surface area contributed by atoms with Crippen LogP contribution in [0.5, 0.6) is 0 Å². The Kier molecular flexibility index (Phi) is 5.55. The van der Waals surface area contributed by atoms with E-state index >= 15 is 0 Å². The van der Waals surface area contributed by atoms with Crippen molar-refractivity contribution in [1.29, 1.82) is 0 Å². The summed E-state index contributed by atoms with van der Waals surface area (Å²) in [5, 5.41) is 1.16. The zero-order chi connectivity index (χ0) is 21.9. The first-order chi connectivity index (χ1) is 15.7. The van der Waals surface area contributed by atoms with Crippen LogP contribution in [0, 0.1) is 0 Å². The van der Waals surface area contributed by atoms with Crippen molar-refractivity contribution in [1.82, 2.24) is 14.5 Å². The average Bonchev–Trinajstić information content (AvgIpc) is 3.26. The van der Waals surface area contributed by atoms with Gasteiger partial charge in [0.25, 0.3) is 5.91 Å². The number of hydrogen-bond donors (Lipinski definition) is 0. The Bertz CT molecular complexity index is 1250. The monoisotopic (exact) mass is 423 g/mol. The number of aldehydes is 1. The van der Waals surface area contributed by atoms with Crippen molar-refractivity contribution in [2.75, 3.05) is 13.1 Å². The molecule has 1 saturated heterocycles. The molecule has 5 rings (SSSR count). The second kappa shape index (κ2) is 8.79. The van der Waals surface area contributed by atoms with Gasteiger partial charge in [-0.3, -0.25) is 9.59 Å². The molecular formula is C27H25N3O2. The SMILES string of the molecule is O=Cc1cccc(C(=O)N2CCC(c3cnc4c(ccn4Cc4ccccc4)c3)CC2)c1. The number of amides is 1. The highest BCUT2D eigenvalue weighted by molar-refractivity contribution is 5.95. The molecule has 0 N–H and O–H groups in total. The molecule has 0 atom stereocenters. The summed E-state index contributed by atoms with van der Waals surface area (Å²) < 4.78 is 2.18. The van der Waals surface area contributed by atoms with E-state index in [0.717, 1.165) is 36.7 Å². The van der Waals surface area contributed by atoms with Crippen molar-refractivity contribution in [3.05, 3.63) is 101 Å². The lowest BCUT2D eigenvalue weighted by molar-refractivity contribution is 0.0713. The molecule has 0 radical (unpaired) electrons. The Labute approximate surface area is 187 Å². The van der Waals surface area contributed by atoms with Gasteiger partial charge in [-0.15, -0.1) is 0 Å². The third-order valence-corrected chi connectivity index (χ3v) is 6.34. The number of carbonyl (C=O) groups is 2. The number of carbonyl (C=O) groups excluding carboxylic acids is 2. The van der Waals surface area contributed by atoms with Crippen LogP contribution in [0.4, 0.5) is 0 Å². The number of piperidine rings is 1. The highest BCUT2D eigenvalue weighted by atomic mass is 16.2. The van der Waals surface area contributed by atoms with Crippen molar-refractivity contribution in [2.24, 2.45) is 0 Å². The lowest BCUT2D eigenvalue weighted by Gasteiger charge is -2.32. The standard InChI is InChI=1S/C27H25N3O2/c31-19-21-7-4-8-24(15-21)27(32)29-12-9-22(10-13-29)25-16-23-11-14-30(26(23)28-17-25)18-20-5-2-1-3-6-20/h1-8,11,14-17,19,22H,9-10,12-13,18H2. The van der Waals surface area contributed by atoms with Crippen LogP contribution >= 0.6 is 0 Å². The van der Waals surface area contributed by atoms with Crippen LogP contribution in [0.3, 0.4) is 0 Å². The lowest BCUT2D eigenvalue weighted by atomic mass is 9.90. The predicted molar refractivity (Wildman–Crippen MR) is 125 cm³/mol. The molecule has 3 heterocycles. The van der Waals surface area contributed by atoms with Crippen LogP contribution < -0.4 is 0 Å². The molecule has 0 aliphatic carbocycles. The zero-order valence-corrected chi connectivity index (χ0v) is 17.9. The minimum atomic E-state index is -0.00119. The number of likely N-dealkylation sites (tertiary alicyclic amines) is 1. The number of rotatable bonds is 5. The highest BCUT2D eigenvalue weighted by Gasteiger charge is 2.25. The van der Waals surface area contributed by atoms with Gasteiger partial charge in [0, 0.05) is 48.5 Å². The Hall–Kier alpha value is -3.73. The van der Waals surface area contributed by atoms with E-state index in [2.05, 4.69) is 47.2 Å². The number of pyridine rings is 1. The summed E-state index contributed by atoms with van der Waals surface area (Å²) in [7, 11) is 0.